The molecule has 0 radical (unpaired) electrons. The lowest BCUT2D eigenvalue weighted by Gasteiger charge is -2.34. The van der Waals surface area contributed by atoms with E-state index in [4.69, 9.17) is 9.84 Å². The normalized spacial score (nSPS) is 18.6. The summed E-state index contributed by atoms with van der Waals surface area (Å²) in [5, 5.41) is 11.3. The number of anilines is 1. The number of aliphatic carboxylic acids is 1. The van der Waals surface area contributed by atoms with Crippen molar-refractivity contribution in [1.82, 2.24) is 0 Å². The Bertz CT molecular complexity index is 642. The van der Waals surface area contributed by atoms with Crippen LogP contribution in [0.25, 0.3) is 6.08 Å². The van der Waals surface area contributed by atoms with Gasteiger partial charge in [0.05, 0.1) is 5.69 Å². The highest BCUT2D eigenvalue weighted by Gasteiger charge is 2.33. The Hall–Kier alpha value is -2.30. The minimum atomic E-state index is -1.14. The summed E-state index contributed by atoms with van der Waals surface area (Å²) in [6, 6.07) is 5.48. The SMILES string of the molecule is O=C(O)CC(=O)Nc1cccc2c1C=CC1(CCCCCC1)O2. The summed E-state index contributed by atoms with van der Waals surface area (Å²) >= 11 is 0. The molecule has 1 spiro atoms. The van der Waals surface area contributed by atoms with Crippen LogP contribution in [0.15, 0.2) is 24.3 Å². The van der Waals surface area contributed by atoms with Crippen LogP contribution in [0.5, 0.6) is 5.75 Å². The van der Waals surface area contributed by atoms with E-state index in [2.05, 4.69) is 11.4 Å². The van der Waals surface area contributed by atoms with Crippen LogP contribution >= 0.6 is 0 Å². The first-order valence-electron chi connectivity index (χ1n) is 8.11. The number of ether oxygens (including phenoxy) is 1. The highest BCUT2D eigenvalue weighted by Crippen LogP contribution is 2.41. The number of carboxylic acids is 1. The molecule has 0 bridgehead atoms. The van der Waals surface area contributed by atoms with Crippen LogP contribution in [-0.2, 0) is 9.59 Å². The van der Waals surface area contributed by atoms with Crippen LogP contribution < -0.4 is 10.1 Å². The van der Waals surface area contributed by atoms with Crippen molar-refractivity contribution in [3.05, 3.63) is 29.8 Å². The first-order valence-corrected chi connectivity index (χ1v) is 8.11. The molecule has 0 atom stereocenters. The summed E-state index contributed by atoms with van der Waals surface area (Å²) in [5.41, 5.74) is 1.17. The Morgan fingerprint density at radius 1 is 1.17 bits per heavy atom. The fourth-order valence-electron chi connectivity index (χ4n) is 3.33. The molecule has 2 aliphatic rings. The van der Waals surface area contributed by atoms with E-state index in [0.717, 1.165) is 37.0 Å². The maximum Gasteiger partial charge on any atom is 0.312 e. The third-order valence-electron chi connectivity index (χ3n) is 4.47. The quantitative estimate of drug-likeness (QED) is 0.836. The summed E-state index contributed by atoms with van der Waals surface area (Å²) in [6.07, 6.45) is 10.4. The third kappa shape index (κ3) is 3.55. The van der Waals surface area contributed by atoms with E-state index in [1.807, 2.05) is 18.2 Å². The Kier molecular flexibility index (Phi) is 4.37. The van der Waals surface area contributed by atoms with E-state index < -0.39 is 18.3 Å². The molecule has 5 nitrogen and oxygen atoms in total. The number of benzene rings is 1. The van der Waals surface area contributed by atoms with Gasteiger partial charge in [-0.25, -0.2) is 0 Å². The monoisotopic (exact) mass is 315 g/mol. The highest BCUT2D eigenvalue weighted by atomic mass is 16.5. The molecule has 5 heteroatoms. The molecule has 0 unspecified atom stereocenters. The van der Waals surface area contributed by atoms with Gasteiger partial charge in [-0.2, -0.15) is 0 Å². The largest absolute Gasteiger partial charge is 0.482 e. The van der Waals surface area contributed by atoms with Gasteiger partial charge in [-0.3, -0.25) is 9.59 Å². The first kappa shape index (κ1) is 15.6. The van der Waals surface area contributed by atoms with Gasteiger partial charge in [-0.15, -0.1) is 0 Å². The van der Waals surface area contributed by atoms with Crippen LogP contribution in [0.3, 0.4) is 0 Å². The average molecular weight is 315 g/mol. The number of hydrogen-bond acceptors (Lipinski definition) is 3. The van der Waals surface area contributed by atoms with Crippen molar-refractivity contribution < 1.29 is 19.4 Å². The molecule has 2 N–H and O–H groups in total. The molecule has 0 aromatic heterocycles. The van der Waals surface area contributed by atoms with Crippen LogP contribution in [-0.4, -0.2) is 22.6 Å². The van der Waals surface area contributed by atoms with Crippen molar-refractivity contribution >= 4 is 23.6 Å². The summed E-state index contributed by atoms with van der Waals surface area (Å²) in [6.45, 7) is 0. The van der Waals surface area contributed by atoms with Gasteiger partial charge in [-0.05, 0) is 50.0 Å². The van der Waals surface area contributed by atoms with Gasteiger partial charge in [0.15, 0.2) is 0 Å². The number of carbonyl (C=O) groups excluding carboxylic acids is 1. The minimum absolute atomic E-state index is 0.229. The van der Waals surface area contributed by atoms with Crippen molar-refractivity contribution in [3.63, 3.8) is 0 Å². The van der Waals surface area contributed by atoms with Gasteiger partial charge in [-0.1, -0.05) is 18.9 Å². The van der Waals surface area contributed by atoms with Gasteiger partial charge in [0.2, 0.25) is 5.91 Å². The van der Waals surface area contributed by atoms with E-state index in [0.29, 0.717) is 5.69 Å². The number of hydrogen-bond donors (Lipinski definition) is 2. The van der Waals surface area contributed by atoms with Gasteiger partial charge in [0.1, 0.15) is 17.8 Å². The Balaban J connectivity index is 1.82. The van der Waals surface area contributed by atoms with E-state index >= 15 is 0 Å². The highest BCUT2D eigenvalue weighted by molar-refractivity contribution is 6.02. The van der Waals surface area contributed by atoms with Crippen molar-refractivity contribution in [2.24, 2.45) is 0 Å². The molecular formula is C18H21NO4. The molecule has 1 fully saturated rings. The average Bonchev–Trinajstić information content (AvgIpc) is 2.72. The standard InChI is InChI=1S/C18H21NO4/c20-16(12-17(21)22)19-14-6-5-7-15-13(14)8-11-18(23-15)9-3-1-2-4-10-18/h5-8,11H,1-4,9-10,12H2,(H,19,20)(H,21,22). The Labute approximate surface area is 135 Å². The molecule has 1 saturated carbocycles. The summed E-state index contributed by atoms with van der Waals surface area (Å²) in [4.78, 5) is 22.3. The zero-order valence-electron chi connectivity index (χ0n) is 13.0. The maximum absolute atomic E-state index is 11.7. The molecule has 3 rings (SSSR count). The van der Waals surface area contributed by atoms with Gasteiger partial charge in [0.25, 0.3) is 0 Å². The Morgan fingerprint density at radius 3 is 2.61 bits per heavy atom. The van der Waals surface area contributed by atoms with Gasteiger partial charge >= 0.3 is 5.97 Å². The second-order valence-corrected chi connectivity index (χ2v) is 6.25. The molecule has 0 saturated heterocycles. The first-order chi connectivity index (χ1) is 11.1. The minimum Gasteiger partial charge on any atom is -0.482 e. The van der Waals surface area contributed by atoms with Gasteiger partial charge in [0, 0.05) is 5.56 Å². The molecule has 1 aliphatic heterocycles. The molecule has 1 aromatic rings. The van der Waals surface area contributed by atoms with Crippen molar-refractivity contribution in [3.8, 4) is 5.75 Å². The molecule has 1 aromatic carbocycles. The Morgan fingerprint density at radius 2 is 1.91 bits per heavy atom. The smallest absolute Gasteiger partial charge is 0.312 e. The topological polar surface area (TPSA) is 75.6 Å². The predicted octanol–water partition coefficient (Wildman–Crippen LogP) is 3.60. The zero-order valence-corrected chi connectivity index (χ0v) is 13.0. The van der Waals surface area contributed by atoms with Crippen LogP contribution in [0.2, 0.25) is 0 Å². The molecule has 122 valence electrons. The second-order valence-electron chi connectivity index (χ2n) is 6.25. The van der Waals surface area contributed by atoms with Crippen LogP contribution in [0.1, 0.15) is 50.5 Å². The molecule has 23 heavy (non-hydrogen) atoms. The summed E-state index contributed by atoms with van der Waals surface area (Å²) in [7, 11) is 0. The van der Waals surface area contributed by atoms with Gasteiger partial charge < -0.3 is 15.2 Å². The van der Waals surface area contributed by atoms with Crippen LogP contribution in [0.4, 0.5) is 5.69 Å². The number of rotatable bonds is 3. The number of carboxylic acid groups (broad SMARTS) is 1. The molecule has 1 aliphatic carbocycles. The number of nitrogens with one attached hydrogen (secondary N) is 1. The lowest BCUT2D eigenvalue weighted by Crippen LogP contribution is -2.35. The van der Waals surface area contributed by atoms with E-state index in [1.165, 1.54) is 12.8 Å². The fraction of sp³-hybridized carbons (Fsp3) is 0.444. The third-order valence-corrected chi connectivity index (χ3v) is 4.47. The van der Waals surface area contributed by atoms with Crippen molar-refractivity contribution in [2.45, 2.75) is 50.5 Å². The summed E-state index contributed by atoms with van der Waals surface area (Å²) < 4.78 is 6.29. The predicted molar refractivity (Wildman–Crippen MR) is 87.4 cm³/mol. The van der Waals surface area contributed by atoms with Crippen molar-refractivity contribution in [2.75, 3.05) is 5.32 Å². The number of amides is 1. The number of fused-ring (bicyclic) bond motifs is 1. The zero-order chi connectivity index (χ0) is 16.3. The fourth-order valence-corrected chi connectivity index (χ4v) is 3.33. The van der Waals surface area contributed by atoms with E-state index in [-0.39, 0.29) is 5.60 Å². The van der Waals surface area contributed by atoms with E-state index in [1.54, 1.807) is 6.07 Å². The second kappa shape index (κ2) is 6.44. The lowest BCUT2D eigenvalue weighted by atomic mass is 9.90. The van der Waals surface area contributed by atoms with E-state index in [9.17, 15) is 9.59 Å². The lowest BCUT2D eigenvalue weighted by molar-refractivity contribution is -0.139. The summed E-state index contributed by atoms with van der Waals surface area (Å²) in [5.74, 6) is -0.923. The molecular weight excluding hydrogens is 294 g/mol. The number of carbonyl (C=O) groups is 2. The maximum atomic E-state index is 11.7. The van der Waals surface area contributed by atoms with Crippen LogP contribution in [0, 0.1) is 0 Å². The van der Waals surface area contributed by atoms with Crippen molar-refractivity contribution in [1.29, 1.82) is 0 Å². The molecule has 1 amide bonds. The molecule has 1 heterocycles.